The SMILES string of the molecule is C[C@H](NC(=S)N=P(c1ccccc1)(N1CCOCC1)C(C)(C)C)c1ccccc1. The van der Waals surface area contributed by atoms with Crippen molar-refractivity contribution < 1.29 is 4.74 Å². The number of thiocarbonyl (C=S) groups is 1. The number of nitrogens with zero attached hydrogens (tertiary/aromatic N) is 2. The topological polar surface area (TPSA) is 36.9 Å². The summed E-state index contributed by atoms with van der Waals surface area (Å²) >= 11 is 5.81. The van der Waals surface area contributed by atoms with E-state index < -0.39 is 7.21 Å². The third kappa shape index (κ3) is 4.97. The molecule has 0 amide bonds. The summed E-state index contributed by atoms with van der Waals surface area (Å²) in [5, 5.41) is 5.26. The van der Waals surface area contributed by atoms with Crippen LogP contribution in [0.3, 0.4) is 0 Å². The van der Waals surface area contributed by atoms with Crippen LogP contribution >= 0.6 is 19.4 Å². The molecule has 2 aromatic rings. The maximum atomic E-state index is 5.81. The van der Waals surface area contributed by atoms with Gasteiger partial charge in [0.05, 0.1) is 26.5 Å². The third-order valence-electron chi connectivity index (χ3n) is 5.32. The molecule has 3 rings (SSSR count). The summed E-state index contributed by atoms with van der Waals surface area (Å²) in [6.45, 7) is 12.2. The van der Waals surface area contributed by atoms with Crippen LogP contribution in [0, 0.1) is 0 Å². The summed E-state index contributed by atoms with van der Waals surface area (Å²) in [4.78, 5) is 0. The minimum atomic E-state index is -2.14. The summed E-state index contributed by atoms with van der Waals surface area (Å²) < 4.78 is 13.5. The Hall–Kier alpha value is -1.52. The summed E-state index contributed by atoms with van der Waals surface area (Å²) in [7, 11) is -2.14. The zero-order valence-electron chi connectivity index (χ0n) is 17.8. The van der Waals surface area contributed by atoms with Crippen LogP contribution in [0.15, 0.2) is 65.4 Å². The molecule has 0 aromatic heterocycles. The molecule has 2 aromatic carbocycles. The number of benzene rings is 2. The van der Waals surface area contributed by atoms with Crippen molar-refractivity contribution in [1.82, 2.24) is 9.99 Å². The lowest BCUT2D eigenvalue weighted by Gasteiger charge is -2.46. The highest BCUT2D eigenvalue weighted by atomic mass is 32.1. The van der Waals surface area contributed by atoms with Gasteiger partial charge in [-0.3, -0.25) is 4.67 Å². The Morgan fingerprint density at radius 1 is 1.03 bits per heavy atom. The second-order valence-corrected chi connectivity index (χ2v) is 12.6. The Morgan fingerprint density at radius 2 is 1.59 bits per heavy atom. The van der Waals surface area contributed by atoms with Gasteiger partial charge in [-0.2, -0.15) is 0 Å². The van der Waals surface area contributed by atoms with Crippen LogP contribution in [0.1, 0.15) is 39.3 Å². The number of nitrogens with one attached hydrogen (secondary N) is 1. The van der Waals surface area contributed by atoms with E-state index in [9.17, 15) is 0 Å². The maximum absolute atomic E-state index is 5.81. The van der Waals surface area contributed by atoms with Gasteiger partial charge in [0.25, 0.3) is 0 Å². The van der Waals surface area contributed by atoms with Gasteiger partial charge >= 0.3 is 0 Å². The molecule has 1 aliphatic rings. The smallest absolute Gasteiger partial charge is 0.193 e. The molecule has 0 bridgehead atoms. The van der Waals surface area contributed by atoms with Gasteiger partial charge in [0, 0.05) is 23.6 Å². The van der Waals surface area contributed by atoms with E-state index in [2.05, 4.69) is 92.3 Å². The molecule has 0 aliphatic carbocycles. The molecule has 1 unspecified atom stereocenters. The van der Waals surface area contributed by atoms with E-state index in [0.717, 1.165) is 26.3 Å². The fourth-order valence-corrected chi connectivity index (χ4v) is 8.57. The number of rotatable bonds is 4. The van der Waals surface area contributed by atoms with Gasteiger partial charge in [-0.05, 0) is 24.7 Å². The highest BCUT2D eigenvalue weighted by Gasteiger charge is 2.42. The molecule has 1 N–H and O–H groups in total. The maximum Gasteiger partial charge on any atom is 0.193 e. The Kier molecular flexibility index (Phi) is 7.28. The number of hydrogen-bond acceptors (Lipinski definition) is 2. The predicted molar refractivity (Wildman–Crippen MR) is 128 cm³/mol. The van der Waals surface area contributed by atoms with Crippen LogP contribution in [0.4, 0.5) is 0 Å². The van der Waals surface area contributed by atoms with E-state index in [1.807, 2.05) is 6.07 Å². The molecular formula is C23H32N3OPS. The highest BCUT2D eigenvalue weighted by Crippen LogP contribution is 2.62. The van der Waals surface area contributed by atoms with Crippen LogP contribution in [0.25, 0.3) is 0 Å². The fourth-order valence-electron chi connectivity index (χ4n) is 3.90. The van der Waals surface area contributed by atoms with Crippen molar-refractivity contribution in [3.63, 3.8) is 0 Å². The minimum absolute atomic E-state index is 0.0621. The van der Waals surface area contributed by atoms with Gasteiger partial charge in [0.1, 0.15) is 0 Å². The van der Waals surface area contributed by atoms with E-state index >= 15 is 0 Å². The Balaban J connectivity index is 2.05. The van der Waals surface area contributed by atoms with Crippen molar-refractivity contribution in [2.75, 3.05) is 26.3 Å². The molecule has 0 radical (unpaired) electrons. The van der Waals surface area contributed by atoms with Gasteiger partial charge in [0.15, 0.2) is 5.11 Å². The second kappa shape index (κ2) is 9.53. The molecule has 0 spiro atoms. The molecule has 6 heteroatoms. The van der Waals surface area contributed by atoms with Crippen molar-refractivity contribution in [1.29, 1.82) is 0 Å². The van der Waals surface area contributed by atoms with E-state index in [1.165, 1.54) is 10.9 Å². The Labute approximate surface area is 180 Å². The van der Waals surface area contributed by atoms with Gasteiger partial charge in [-0.25, -0.2) is 4.74 Å². The molecule has 1 aliphatic heterocycles. The zero-order chi connectivity index (χ0) is 20.9. The summed E-state index contributed by atoms with van der Waals surface area (Å²) in [5.41, 5.74) is 1.20. The largest absolute Gasteiger partial charge is 0.379 e. The van der Waals surface area contributed by atoms with Crippen molar-refractivity contribution in [2.24, 2.45) is 4.74 Å². The van der Waals surface area contributed by atoms with E-state index in [4.69, 9.17) is 21.7 Å². The summed E-state index contributed by atoms with van der Waals surface area (Å²) in [6.07, 6.45) is 0. The fraction of sp³-hybridized carbons (Fsp3) is 0.435. The molecule has 0 saturated carbocycles. The molecule has 156 valence electrons. The lowest BCUT2D eigenvalue weighted by Crippen LogP contribution is -2.43. The van der Waals surface area contributed by atoms with Crippen LogP contribution in [0.2, 0.25) is 0 Å². The van der Waals surface area contributed by atoms with Gasteiger partial charge in [0.2, 0.25) is 0 Å². The standard InChI is InChI=1S/C23H32N3OPS/c1-19(20-11-7-5-8-12-20)24-22(29)25-28(23(2,3)4,21-13-9-6-10-14-21)26-15-17-27-18-16-26/h5-14,19H,15-18H2,1-4H3,(H,24,29)/t19-,28?/m0/s1. The summed E-state index contributed by atoms with van der Waals surface area (Å²) in [5.74, 6) is 0. The quantitative estimate of drug-likeness (QED) is 0.536. The van der Waals surface area contributed by atoms with Gasteiger partial charge in [-0.15, -0.1) is 0 Å². The highest BCUT2D eigenvalue weighted by molar-refractivity contribution is 7.81. The van der Waals surface area contributed by atoms with E-state index in [1.54, 1.807) is 0 Å². The first kappa shape index (κ1) is 22.2. The lowest BCUT2D eigenvalue weighted by atomic mass is 10.1. The Morgan fingerprint density at radius 3 is 2.14 bits per heavy atom. The van der Waals surface area contributed by atoms with Crippen molar-refractivity contribution in [3.8, 4) is 0 Å². The molecule has 1 fully saturated rings. The number of morpholine rings is 1. The average Bonchev–Trinajstić information content (AvgIpc) is 2.73. The first-order chi connectivity index (χ1) is 13.8. The third-order valence-corrected chi connectivity index (χ3v) is 10.3. The second-order valence-electron chi connectivity index (χ2n) is 8.36. The van der Waals surface area contributed by atoms with Crippen molar-refractivity contribution in [2.45, 2.75) is 38.9 Å². The summed E-state index contributed by atoms with van der Waals surface area (Å²) in [6, 6.07) is 21.2. The number of hydrogen-bond donors (Lipinski definition) is 1. The monoisotopic (exact) mass is 429 g/mol. The van der Waals surface area contributed by atoms with Gasteiger partial charge in [-0.1, -0.05) is 81.4 Å². The first-order valence-electron chi connectivity index (χ1n) is 10.2. The van der Waals surface area contributed by atoms with Gasteiger partial charge < -0.3 is 10.1 Å². The normalized spacial score (nSPS) is 18.5. The minimum Gasteiger partial charge on any atom is -0.379 e. The average molecular weight is 430 g/mol. The van der Waals surface area contributed by atoms with Crippen molar-refractivity contribution >= 4 is 29.8 Å². The van der Waals surface area contributed by atoms with Crippen LogP contribution in [-0.2, 0) is 4.74 Å². The Bertz CT molecular complexity index is 859. The predicted octanol–water partition coefficient (Wildman–Crippen LogP) is 5.19. The number of ether oxygens (including phenoxy) is 1. The molecule has 4 nitrogen and oxygen atoms in total. The van der Waals surface area contributed by atoms with Crippen LogP contribution < -0.4 is 10.6 Å². The lowest BCUT2D eigenvalue weighted by molar-refractivity contribution is 0.0738. The first-order valence-corrected chi connectivity index (χ1v) is 12.3. The molecule has 2 atom stereocenters. The van der Waals surface area contributed by atoms with E-state index in [0.29, 0.717) is 5.11 Å². The zero-order valence-corrected chi connectivity index (χ0v) is 19.5. The molecule has 29 heavy (non-hydrogen) atoms. The van der Waals surface area contributed by atoms with E-state index in [-0.39, 0.29) is 11.2 Å². The molecule has 1 saturated heterocycles. The van der Waals surface area contributed by atoms with Crippen LogP contribution in [0.5, 0.6) is 0 Å². The molecule has 1 heterocycles. The van der Waals surface area contributed by atoms with Crippen LogP contribution in [-0.4, -0.2) is 41.2 Å². The van der Waals surface area contributed by atoms with Crippen molar-refractivity contribution in [3.05, 3.63) is 66.2 Å². The molecular weight excluding hydrogens is 397 g/mol.